The molecule has 0 bridgehead atoms. The molecular weight excluding hydrogens is 368 g/mol. The Balaban J connectivity index is 1.75. The van der Waals surface area contributed by atoms with Gasteiger partial charge in [0, 0.05) is 36.6 Å². The van der Waals surface area contributed by atoms with Gasteiger partial charge in [0.15, 0.2) is 0 Å². The number of hydrogen-bond acceptors (Lipinski definition) is 4. The van der Waals surface area contributed by atoms with Crippen molar-refractivity contribution in [2.75, 3.05) is 33.8 Å². The number of aromatic nitrogens is 1. The lowest BCUT2D eigenvalue weighted by molar-refractivity contribution is 0.0593. The molecule has 154 valence electrons. The fraction of sp³-hybridized carbons (Fsp3) is 0.455. The summed E-state index contributed by atoms with van der Waals surface area (Å²) in [7, 11) is 3.48. The zero-order valence-corrected chi connectivity index (χ0v) is 17.4. The molecular formula is C22H28N4O3. The monoisotopic (exact) mass is 396 g/mol. The van der Waals surface area contributed by atoms with Crippen LogP contribution >= 0.6 is 0 Å². The van der Waals surface area contributed by atoms with Crippen molar-refractivity contribution in [3.05, 3.63) is 41.1 Å². The standard InChI is InChI=1S/C22H28N4O3/c1-5-26(6-2)22(28)23-13-10-15-14-8-7-9-17-19(14)16(11-18(15)25(3)12-13)20(24-17)21(27)29-4/h7-10,13,18,24H,5-6,11-12H2,1-4H3,(H,23,28)/t13?,18-/m1/s1. The van der Waals surface area contributed by atoms with E-state index in [-0.39, 0.29) is 24.1 Å². The molecule has 0 radical (unpaired) electrons. The van der Waals surface area contributed by atoms with Crippen molar-refractivity contribution < 1.29 is 14.3 Å². The summed E-state index contributed by atoms with van der Waals surface area (Å²) in [6, 6.07) is 6.15. The molecule has 7 heteroatoms. The summed E-state index contributed by atoms with van der Waals surface area (Å²) >= 11 is 0. The fourth-order valence-electron chi connectivity index (χ4n) is 4.67. The van der Waals surface area contributed by atoms with Crippen LogP contribution in [0.1, 0.15) is 35.5 Å². The number of fused-ring (bicyclic) bond motifs is 2. The van der Waals surface area contributed by atoms with Crippen molar-refractivity contribution in [2.24, 2.45) is 0 Å². The fourth-order valence-corrected chi connectivity index (χ4v) is 4.67. The quantitative estimate of drug-likeness (QED) is 0.779. The van der Waals surface area contributed by atoms with Gasteiger partial charge in [-0.25, -0.2) is 9.59 Å². The van der Waals surface area contributed by atoms with Crippen LogP contribution in [0.3, 0.4) is 0 Å². The number of rotatable bonds is 4. The number of amides is 2. The minimum atomic E-state index is -0.336. The SMILES string of the molecule is CCN(CC)C(=O)NC1C=C2c3cccc4[nH]c(C(=O)OC)c(c34)C[C@H]2N(C)C1. The van der Waals surface area contributed by atoms with Gasteiger partial charge in [0.25, 0.3) is 0 Å². The number of esters is 1. The van der Waals surface area contributed by atoms with E-state index in [9.17, 15) is 9.59 Å². The Bertz CT molecular complexity index is 989. The molecule has 1 aromatic carbocycles. The molecule has 2 heterocycles. The second kappa shape index (κ2) is 7.55. The highest BCUT2D eigenvalue weighted by molar-refractivity contribution is 6.05. The number of nitrogens with one attached hydrogen (secondary N) is 2. The number of benzene rings is 1. The van der Waals surface area contributed by atoms with Gasteiger partial charge in [-0.15, -0.1) is 0 Å². The molecule has 0 fully saturated rings. The number of methoxy groups -OCH3 is 1. The van der Waals surface area contributed by atoms with Crippen molar-refractivity contribution >= 4 is 28.5 Å². The number of hydrogen-bond donors (Lipinski definition) is 2. The van der Waals surface area contributed by atoms with Crippen molar-refractivity contribution in [2.45, 2.75) is 32.4 Å². The Morgan fingerprint density at radius 2 is 2.07 bits per heavy atom. The first-order valence-corrected chi connectivity index (χ1v) is 10.2. The molecule has 1 aromatic heterocycles. The van der Waals surface area contributed by atoms with Crippen LogP contribution in [-0.2, 0) is 11.2 Å². The Hall–Kier alpha value is -2.80. The van der Waals surface area contributed by atoms with Crippen LogP contribution in [0.2, 0.25) is 0 Å². The van der Waals surface area contributed by atoms with Gasteiger partial charge in [-0.1, -0.05) is 18.2 Å². The molecule has 1 aliphatic heterocycles. The van der Waals surface area contributed by atoms with Gasteiger partial charge in [-0.2, -0.15) is 0 Å². The highest BCUT2D eigenvalue weighted by Gasteiger charge is 2.36. The number of H-pyrrole nitrogens is 1. The van der Waals surface area contributed by atoms with E-state index in [0.29, 0.717) is 18.8 Å². The van der Waals surface area contributed by atoms with E-state index in [1.807, 2.05) is 26.0 Å². The first-order valence-electron chi connectivity index (χ1n) is 10.2. The van der Waals surface area contributed by atoms with E-state index in [1.54, 1.807) is 4.90 Å². The number of likely N-dealkylation sites (N-methyl/N-ethyl adjacent to an activating group) is 1. The summed E-state index contributed by atoms with van der Waals surface area (Å²) < 4.78 is 4.99. The molecule has 0 saturated heterocycles. The van der Waals surface area contributed by atoms with E-state index in [0.717, 1.165) is 35.0 Å². The molecule has 2 atom stereocenters. The molecule has 2 aliphatic rings. The maximum absolute atomic E-state index is 12.6. The number of carbonyl (C=O) groups is 2. The van der Waals surface area contributed by atoms with E-state index >= 15 is 0 Å². The van der Waals surface area contributed by atoms with Gasteiger partial charge in [-0.3, -0.25) is 4.90 Å². The molecule has 0 spiro atoms. The smallest absolute Gasteiger partial charge is 0.354 e. The van der Waals surface area contributed by atoms with Crippen LogP contribution < -0.4 is 5.32 Å². The zero-order chi connectivity index (χ0) is 20.7. The first-order chi connectivity index (χ1) is 14.0. The predicted octanol–water partition coefficient (Wildman–Crippen LogP) is 2.63. The van der Waals surface area contributed by atoms with Gasteiger partial charge in [-0.05, 0) is 50.1 Å². The molecule has 29 heavy (non-hydrogen) atoms. The van der Waals surface area contributed by atoms with Crippen LogP contribution in [0.5, 0.6) is 0 Å². The Labute approximate surface area is 170 Å². The highest BCUT2D eigenvalue weighted by atomic mass is 16.5. The van der Waals surface area contributed by atoms with E-state index in [4.69, 9.17) is 4.74 Å². The topological polar surface area (TPSA) is 77.7 Å². The molecule has 2 N–H and O–H groups in total. The van der Waals surface area contributed by atoms with Gasteiger partial charge in [0.1, 0.15) is 5.69 Å². The van der Waals surface area contributed by atoms with Crippen LogP contribution in [-0.4, -0.2) is 72.7 Å². The largest absolute Gasteiger partial charge is 0.464 e. The van der Waals surface area contributed by atoms with Gasteiger partial charge in [0.2, 0.25) is 0 Å². The Morgan fingerprint density at radius 1 is 1.31 bits per heavy atom. The average molecular weight is 396 g/mol. The number of urea groups is 1. The molecule has 0 saturated carbocycles. The average Bonchev–Trinajstić information content (AvgIpc) is 3.09. The third kappa shape index (κ3) is 3.19. The van der Waals surface area contributed by atoms with Gasteiger partial charge < -0.3 is 19.9 Å². The van der Waals surface area contributed by atoms with Crippen molar-refractivity contribution in [1.82, 2.24) is 20.1 Å². The summed E-state index contributed by atoms with van der Waals surface area (Å²) in [5, 5.41) is 4.24. The second-order valence-corrected chi connectivity index (χ2v) is 7.71. The van der Waals surface area contributed by atoms with Crippen LogP contribution in [0.25, 0.3) is 16.5 Å². The molecule has 2 aromatic rings. The number of aromatic amines is 1. The maximum atomic E-state index is 12.6. The molecule has 1 unspecified atom stereocenters. The van der Waals surface area contributed by atoms with Gasteiger partial charge >= 0.3 is 12.0 Å². The number of ether oxygens (including phenoxy) is 1. The number of carbonyl (C=O) groups excluding carboxylic acids is 2. The number of nitrogens with zero attached hydrogens (tertiary/aromatic N) is 2. The molecule has 1 aliphatic carbocycles. The summed E-state index contributed by atoms with van der Waals surface area (Å²) in [4.78, 5) is 32.2. The van der Waals surface area contributed by atoms with Crippen LogP contribution in [0.15, 0.2) is 24.3 Å². The summed E-state index contributed by atoms with van der Waals surface area (Å²) in [5.74, 6) is -0.336. The maximum Gasteiger partial charge on any atom is 0.354 e. The van der Waals surface area contributed by atoms with E-state index < -0.39 is 0 Å². The second-order valence-electron chi connectivity index (χ2n) is 7.71. The van der Waals surface area contributed by atoms with Crippen molar-refractivity contribution in [3.63, 3.8) is 0 Å². The minimum Gasteiger partial charge on any atom is -0.464 e. The van der Waals surface area contributed by atoms with E-state index in [1.165, 1.54) is 12.7 Å². The Kier molecular flexibility index (Phi) is 5.08. The predicted molar refractivity (Wildman–Crippen MR) is 113 cm³/mol. The summed E-state index contributed by atoms with van der Waals surface area (Å²) in [5.41, 5.74) is 4.82. The third-order valence-corrected chi connectivity index (χ3v) is 6.14. The summed E-state index contributed by atoms with van der Waals surface area (Å²) in [6.45, 7) is 6.07. The van der Waals surface area contributed by atoms with Crippen molar-refractivity contribution in [3.8, 4) is 0 Å². The lowest BCUT2D eigenvalue weighted by Crippen LogP contribution is -2.52. The van der Waals surface area contributed by atoms with Crippen LogP contribution in [0.4, 0.5) is 4.79 Å². The highest BCUT2D eigenvalue weighted by Crippen LogP contribution is 2.41. The third-order valence-electron chi connectivity index (χ3n) is 6.14. The molecule has 2 amide bonds. The zero-order valence-electron chi connectivity index (χ0n) is 17.4. The van der Waals surface area contributed by atoms with Gasteiger partial charge in [0.05, 0.1) is 13.2 Å². The molecule has 4 rings (SSSR count). The normalized spacial score (nSPS) is 20.8. The first kappa shape index (κ1) is 19.5. The lowest BCUT2D eigenvalue weighted by Gasteiger charge is -2.40. The van der Waals surface area contributed by atoms with Crippen molar-refractivity contribution in [1.29, 1.82) is 0 Å². The minimum absolute atomic E-state index is 0.0342. The molecule has 7 nitrogen and oxygen atoms in total. The lowest BCUT2D eigenvalue weighted by atomic mass is 9.80. The Morgan fingerprint density at radius 3 is 2.76 bits per heavy atom. The van der Waals surface area contributed by atoms with Crippen LogP contribution in [0, 0.1) is 0 Å². The van der Waals surface area contributed by atoms with E-state index in [2.05, 4.69) is 34.4 Å². The summed E-state index contributed by atoms with van der Waals surface area (Å²) in [6.07, 6.45) is 2.93.